The number of tetrazole rings is 1. The molecule has 0 amide bonds. The van der Waals surface area contributed by atoms with Crippen LogP contribution in [-0.2, 0) is 0 Å². The summed E-state index contributed by atoms with van der Waals surface area (Å²) in [4.78, 5) is 27.8. The molecule has 1 spiro atoms. The van der Waals surface area contributed by atoms with Gasteiger partial charge in [0, 0.05) is 25.2 Å². The highest BCUT2D eigenvalue weighted by atomic mass is 16.3. The van der Waals surface area contributed by atoms with Gasteiger partial charge in [0.1, 0.15) is 12.4 Å². The summed E-state index contributed by atoms with van der Waals surface area (Å²) < 4.78 is 1.41. The first-order valence-electron chi connectivity index (χ1n) is 11.0. The van der Waals surface area contributed by atoms with Gasteiger partial charge in [-0.05, 0) is 73.7 Å². The van der Waals surface area contributed by atoms with Crippen LogP contribution in [0.25, 0.3) is 5.82 Å². The summed E-state index contributed by atoms with van der Waals surface area (Å²) in [5, 5.41) is 29.8. The van der Waals surface area contributed by atoms with Gasteiger partial charge in [-0.15, -0.1) is 10.2 Å². The largest absolute Gasteiger partial charge is 0.385 e. The summed E-state index contributed by atoms with van der Waals surface area (Å²) in [7, 11) is 0. The van der Waals surface area contributed by atoms with Crippen molar-refractivity contribution in [1.29, 1.82) is 0 Å². The summed E-state index contributed by atoms with van der Waals surface area (Å²) >= 11 is 0. The number of piperidine rings is 2. The van der Waals surface area contributed by atoms with Gasteiger partial charge < -0.3 is 14.9 Å². The molecule has 11 nitrogen and oxygen atoms in total. The van der Waals surface area contributed by atoms with Crippen LogP contribution in [0.2, 0.25) is 0 Å². The van der Waals surface area contributed by atoms with Crippen LogP contribution in [0.15, 0.2) is 28.0 Å². The number of aromatic nitrogens is 6. The monoisotopic (exact) mass is 438 g/mol. The van der Waals surface area contributed by atoms with Crippen LogP contribution in [-0.4, -0.2) is 73.1 Å². The minimum Gasteiger partial charge on any atom is -0.385 e. The van der Waals surface area contributed by atoms with E-state index in [0.29, 0.717) is 29.3 Å². The van der Waals surface area contributed by atoms with Crippen molar-refractivity contribution in [2.75, 3.05) is 37.6 Å². The molecular weight excluding hydrogens is 412 g/mol. The molecule has 1 aromatic carbocycles. The van der Waals surface area contributed by atoms with Crippen LogP contribution in [0.5, 0.6) is 0 Å². The predicted molar refractivity (Wildman–Crippen MR) is 115 cm³/mol. The van der Waals surface area contributed by atoms with E-state index in [9.17, 15) is 14.7 Å². The average molecular weight is 438 g/mol. The van der Waals surface area contributed by atoms with Crippen molar-refractivity contribution in [2.24, 2.45) is 5.41 Å². The fourth-order valence-electron chi connectivity index (χ4n) is 5.03. The molecule has 5 rings (SSSR count). The first kappa shape index (κ1) is 20.8. The fraction of sp³-hybridized carbons (Fsp3) is 0.571. The Bertz CT molecular complexity index is 1140. The van der Waals surface area contributed by atoms with Crippen molar-refractivity contribution < 1.29 is 5.11 Å². The highest BCUT2D eigenvalue weighted by molar-refractivity contribution is 5.58. The van der Waals surface area contributed by atoms with Gasteiger partial charge in [-0.25, -0.2) is 0 Å². The van der Waals surface area contributed by atoms with Crippen LogP contribution in [0.4, 0.5) is 5.69 Å². The highest BCUT2D eigenvalue weighted by Gasteiger charge is 2.39. The average Bonchev–Trinajstić information content (AvgIpc) is 3.37. The van der Waals surface area contributed by atoms with E-state index in [1.165, 1.54) is 11.0 Å². The standard InChI is InChI=1S/C21H26N8O3/c1-14-18(20(32)19(14)31)28-10-6-21(7-11-28)4-8-27(9-5-21)12-16(30)15-2-3-17(24-23-15)29-13-22-25-26-29/h2-3,13,16,30H,4-12H2,1H3. The lowest BCUT2D eigenvalue weighted by atomic mass is 9.71. The van der Waals surface area contributed by atoms with Gasteiger partial charge in [-0.3, -0.25) is 9.59 Å². The quantitative estimate of drug-likeness (QED) is 0.533. The van der Waals surface area contributed by atoms with Crippen LogP contribution in [0, 0.1) is 12.3 Å². The molecule has 2 aliphatic rings. The highest BCUT2D eigenvalue weighted by Crippen LogP contribution is 2.42. The number of hydrogen-bond donors (Lipinski definition) is 1. The van der Waals surface area contributed by atoms with E-state index in [0.717, 1.165) is 51.9 Å². The van der Waals surface area contributed by atoms with E-state index in [4.69, 9.17) is 0 Å². The van der Waals surface area contributed by atoms with E-state index in [2.05, 4.69) is 35.5 Å². The lowest BCUT2D eigenvalue weighted by Gasteiger charge is -2.47. The lowest BCUT2D eigenvalue weighted by molar-refractivity contribution is 0.0435. The van der Waals surface area contributed by atoms with Crippen LogP contribution < -0.4 is 15.8 Å². The Morgan fingerprint density at radius 3 is 2.34 bits per heavy atom. The molecule has 0 saturated carbocycles. The number of hydrogen-bond acceptors (Lipinski definition) is 10. The van der Waals surface area contributed by atoms with Gasteiger partial charge in [0.05, 0.1) is 11.4 Å². The van der Waals surface area contributed by atoms with Crippen molar-refractivity contribution in [2.45, 2.75) is 38.7 Å². The van der Waals surface area contributed by atoms with Crippen molar-refractivity contribution in [3.63, 3.8) is 0 Å². The zero-order chi connectivity index (χ0) is 22.3. The third-order valence-electron chi connectivity index (χ3n) is 7.20. The Balaban J connectivity index is 1.13. The van der Waals surface area contributed by atoms with Crippen molar-refractivity contribution in [1.82, 2.24) is 35.3 Å². The molecule has 32 heavy (non-hydrogen) atoms. The summed E-state index contributed by atoms with van der Waals surface area (Å²) in [5.41, 5.74) is 1.41. The second kappa shape index (κ2) is 8.14. The Morgan fingerprint density at radius 1 is 1.03 bits per heavy atom. The van der Waals surface area contributed by atoms with E-state index in [1.807, 2.05) is 0 Å². The number of β-amino-alcohol motifs (C(OH)–C–C–N with tert-alkyl or cyclic N) is 1. The topological polar surface area (TPSA) is 130 Å². The SMILES string of the molecule is Cc1c(N2CCC3(CCN(CC(O)c4ccc(-n5cnnn5)nn4)CC3)CC2)c(=O)c1=O. The molecule has 2 saturated heterocycles. The first-order valence-corrected chi connectivity index (χ1v) is 11.0. The maximum Gasteiger partial charge on any atom is 0.249 e. The summed E-state index contributed by atoms with van der Waals surface area (Å²) in [6.07, 6.45) is 4.94. The second-order valence-corrected chi connectivity index (χ2v) is 9.01. The lowest BCUT2D eigenvalue weighted by Crippen LogP contribution is -2.50. The maximum absolute atomic E-state index is 11.9. The maximum atomic E-state index is 11.9. The molecule has 2 aromatic heterocycles. The Morgan fingerprint density at radius 2 is 1.75 bits per heavy atom. The third kappa shape index (κ3) is 3.71. The van der Waals surface area contributed by atoms with Gasteiger partial charge in [0.25, 0.3) is 0 Å². The molecule has 0 bridgehead atoms. The molecule has 168 valence electrons. The Labute approximate surface area is 184 Å². The number of aliphatic hydroxyl groups excluding tert-OH is 1. The van der Waals surface area contributed by atoms with Gasteiger partial charge in [-0.2, -0.15) is 9.78 Å². The fourth-order valence-corrected chi connectivity index (χ4v) is 5.03. The molecule has 1 atom stereocenters. The summed E-state index contributed by atoms with van der Waals surface area (Å²) in [5.74, 6) is 0.496. The molecule has 2 fully saturated rings. The van der Waals surface area contributed by atoms with Crippen LogP contribution in [0.3, 0.4) is 0 Å². The Kier molecular flexibility index (Phi) is 5.30. The first-order chi connectivity index (χ1) is 15.5. The molecule has 3 aromatic rings. The zero-order valence-electron chi connectivity index (χ0n) is 18.0. The molecule has 0 radical (unpaired) electrons. The van der Waals surface area contributed by atoms with Crippen molar-refractivity contribution in [3.05, 3.63) is 50.2 Å². The predicted octanol–water partition coefficient (Wildman–Crippen LogP) is -0.227. The number of nitrogens with zero attached hydrogens (tertiary/aromatic N) is 8. The minimum absolute atomic E-state index is 0.288. The summed E-state index contributed by atoms with van der Waals surface area (Å²) in [6.45, 7) is 5.77. The van der Waals surface area contributed by atoms with E-state index < -0.39 is 6.10 Å². The van der Waals surface area contributed by atoms with Crippen LogP contribution in [0.1, 0.15) is 43.0 Å². The van der Waals surface area contributed by atoms with Gasteiger partial charge in [0.15, 0.2) is 5.82 Å². The van der Waals surface area contributed by atoms with Gasteiger partial charge >= 0.3 is 0 Å². The van der Waals surface area contributed by atoms with E-state index in [-0.39, 0.29) is 16.3 Å². The molecule has 11 heteroatoms. The van der Waals surface area contributed by atoms with Crippen molar-refractivity contribution in [3.8, 4) is 5.82 Å². The van der Waals surface area contributed by atoms with E-state index >= 15 is 0 Å². The third-order valence-corrected chi connectivity index (χ3v) is 7.20. The normalized spacial score (nSPS) is 20.1. The van der Waals surface area contributed by atoms with Crippen LogP contribution >= 0.6 is 0 Å². The van der Waals surface area contributed by atoms with Crippen molar-refractivity contribution >= 4 is 5.69 Å². The summed E-state index contributed by atoms with van der Waals surface area (Å²) in [6, 6.07) is 3.48. The van der Waals surface area contributed by atoms with Gasteiger partial charge in [0.2, 0.25) is 10.9 Å². The smallest absolute Gasteiger partial charge is 0.249 e. The molecule has 1 N–H and O–H groups in total. The molecule has 4 heterocycles. The minimum atomic E-state index is -0.710. The molecule has 2 aliphatic heterocycles. The number of likely N-dealkylation sites (tertiary alicyclic amines) is 1. The molecule has 1 unspecified atom stereocenters. The number of anilines is 1. The molecular formula is C21H26N8O3. The van der Waals surface area contributed by atoms with E-state index in [1.54, 1.807) is 19.1 Å². The number of rotatable bonds is 5. The van der Waals surface area contributed by atoms with Gasteiger partial charge in [-0.1, -0.05) is 0 Å². The Hall–Kier alpha value is -3.05. The molecule has 0 aliphatic carbocycles. The second-order valence-electron chi connectivity index (χ2n) is 9.01. The number of aliphatic hydroxyl groups is 1. The zero-order valence-corrected chi connectivity index (χ0v) is 18.0.